The van der Waals surface area contributed by atoms with Crippen LogP contribution in [-0.2, 0) is 12.8 Å². The second-order valence-electron chi connectivity index (χ2n) is 8.13. The van der Waals surface area contributed by atoms with E-state index in [2.05, 4.69) is 70.5 Å². The van der Waals surface area contributed by atoms with E-state index in [1.54, 1.807) is 29.1 Å². The van der Waals surface area contributed by atoms with Gasteiger partial charge in [0, 0.05) is 0 Å². The van der Waals surface area contributed by atoms with Crippen LogP contribution in [0.2, 0.25) is 9.88 Å². The fourth-order valence-corrected chi connectivity index (χ4v) is 15.2. The number of hydrogen-bond acceptors (Lipinski definition) is 0. The fourth-order valence-electron chi connectivity index (χ4n) is 5.38. The Labute approximate surface area is 152 Å². The van der Waals surface area contributed by atoms with Gasteiger partial charge >= 0.3 is 153 Å². The number of fused-ring (bicyclic) bond motifs is 4. The third kappa shape index (κ3) is 1.69. The van der Waals surface area contributed by atoms with E-state index in [0.29, 0.717) is 0 Å². The second kappa shape index (κ2) is 4.67. The molecule has 25 heavy (non-hydrogen) atoms. The van der Waals surface area contributed by atoms with Crippen LogP contribution in [0, 0.1) is 0 Å². The Morgan fingerprint density at radius 2 is 1.40 bits per heavy atom. The third-order valence-corrected chi connectivity index (χ3v) is 16.7. The van der Waals surface area contributed by atoms with Gasteiger partial charge in [-0.05, 0) is 0 Å². The molecule has 0 N–H and O–H groups in total. The zero-order valence-electron chi connectivity index (χ0n) is 14.7. The number of benzene rings is 4. The molecule has 0 spiro atoms. The van der Waals surface area contributed by atoms with E-state index >= 15 is 0 Å². The number of hydrogen-bond donors (Lipinski definition) is 0. The van der Waals surface area contributed by atoms with Crippen LogP contribution in [0.1, 0.15) is 11.1 Å². The van der Waals surface area contributed by atoms with Gasteiger partial charge in [0.25, 0.3) is 0 Å². The van der Waals surface area contributed by atoms with Crippen LogP contribution in [0.5, 0.6) is 0 Å². The average molecular weight is 427 g/mol. The van der Waals surface area contributed by atoms with E-state index < -0.39 is 18.4 Å². The molecule has 2 aliphatic rings. The molecule has 6 rings (SSSR count). The van der Waals surface area contributed by atoms with Gasteiger partial charge in [-0.15, -0.1) is 0 Å². The summed E-state index contributed by atoms with van der Waals surface area (Å²) in [5.74, 6) is 0. The molecule has 0 saturated heterocycles. The van der Waals surface area contributed by atoms with Gasteiger partial charge in [-0.25, -0.2) is 0 Å². The summed E-state index contributed by atoms with van der Waals surface area (Å²) in [7, 11) is 0. The van der Waals surface area contributed by atoms with Crippen molar-refractivity contribution in [3.8, 4) is 11.1 Å². The first kappa shape index (κ1) is 14.4. The number of rotatable bonds is 0. The predicted molar refractivity (Wildman–Crippen MR) is 111 cm³/mol. The predicted octanol–water partition coefficient (Wildman–Crippen LogP) is 4.89. The third-order valence-electron chi connectivity index (χ3n) is 6.51. The van der Waals surface area contributed by atoms with Crippen LogP contribution in [0.25, 0.3) is 32.7 Å². The van der Waals surface area contributed by atoms with Gasteiger partial charge in [0.15, 0.2) is 0 Å². The van der Waals surface area contributed by atoms with Crippen LogP contribution >= 0.6 is 0 Å². The molecular formula is C24H20Sn. The summed E-state index contributed by atoms with van der Waals surface area (Å²) in [5.41, 5.74) is 6.14. The van der Waals surface area contributed by atoms with E-state index in [1.165, 1.54) is 34.7 Å². The standard InChI is InChI=1S/C22H14.2CH3.Sn/c1-2-5-18-14-19(11-8-15(18)4-1)20-13-12-17-10-9-16-6-3-7-21(20)22(16)17;;;/h1-6,8,11-13H,9-10H2;2*1H3;. The summed E-state index contributed by atoms with van der Waals surface area (Å²) < 4.78 is 3.40. The van der Waals surface area contributed by atoms with Gasteiger partial charge < -0.3 is 0 Å². The summed E-state index contributed by atoms with van der Waals surface area (Å²) in [4.78, 5) is 5.23. The minimum atomic E-state index is -2.65. The zero-order valence-corrected chi connectivity index (χ0v) is 17.5. The van der Waals surface area contributed by atoms with Crippen molar-refractivity contribution in [1.82, 2.24) is 0 Å². The quantitative estimate of drug-likeness (QED) is 0.351. The molecule has 0 saturated carbocycles. The Bertz CT molecular complexity index is 1200. The number of aryl methyl sites for hydroxylation is 2. The van der Waals surface area contributed by atoms with Crippen LogP contribution in [-0.4, -0.2) is 18.4 Å². The van der Waals surface area contributed by atoms with Crippen molar-refractivity contribution in [3.05, 3.63) is 71.8 Å². The van der Waals surface area contributed by atoms with E-state index in [0.717, 1.165) is 0 Å². The zero-order chi connectivity index (χ0) is 16.8. The van der Waals surface area contributed by atoms with Crippen LogP contribution in [0.3, 0.4) is 0 Å². The van der Waals surface area contributed by atoms with Gasteiger partial charge in [-0.2, -0.15) is 0 Å². The van der Waals surface area contributed by atoms with Gasteiger partial charge in [0.05, 0.1) is 0 Å². The Morgan fingerprint density at radius 1 is 0.680 bits per heavy atom. The molecular weight excluding hydrogens is 407 g/mol. The first-order chi connectivity index (χ1) is 12.2. The molecule has 0 amide bonds. The Kier molecular flexibility index (Phi) is 2.69. The van der Waals surface area contributed by atoms with E-state index in [1.807, 2.05) is 0 Å². The maximum atomic E-state index is 2.61. The monoisotopic (exact) mass is 428 g/mol. The summed E-state index contributed by atoms with van der Waals surface area (Å²) in [6.07, 6.45) is 2.44. The molecule has 1 aliphatic heterocycles. The maximum absolute atomic E-state index is 2.65. The van der Waals surface area contributed by atoms with E-state index in [9.17, 15) is 0 Å². The molecule has 4 aromatic carbocycles. The Morgan fingerprint density at radius 3 is 2.24 bits per heavy atom. The minimum absolute atomic E-state index is 1.22. The topological polar surface area (TPSA) is 0 Å². The first-order valence-electron chi connectivity index (χ1n) is 9.27. The molecule has 0 bridgehead atoms. The Hall–Kier alpha value is -1.80. The van der Waals surface area contributed by atoms with Crippen molar-refractivity contribution < 1.29 is 0 Å². The molecule has 0 nitrogen and oxygen atoms in total. The molecule has 1 aliphatic carbocycles. The molecule has 0 fully saturated rings. The molecule has 0 unspecified atom stereocenters. The molecule has 0 atom stereocenters. The van der Waals surface area contributed by atoms with Crippen molar-refractivity contribution in [1.29, 1.82) is 0 Å². The molecule has 4 aromatic rings. The summed E-state index contributed by atoms with van der Waals surface area (Å²) in [6, 6.07) is 23.4. The second-order valence-corrected chi connectivity index (χ2v) is 20.4. The first-order valence-corrected chi connectivity index (χ1v) is 17.8. The molecule has 120 valence electrons. The van der Waals surface area contributed by atoms with Gasteiger partial charge in [-0.1, -0.05) is 0 Å². The SMILES string of the molecule is [CH3][Sn]1([CH3])[c]2c(ccc3ccccc23)-c2ccc3c4c(cc[c]1c24)CC3. The summed E-state index contributed by atoms with van der Waals surface area (Å²) in [5, 5.41) is 6.08. The van der Waals surface area contributed by atoms with Crippen molar-refractivity contribution >= 4 is 47.1 Å². The van der Waals surface area contributed by atoms with Crippen molar-refractivity contribution in [2.75, 3.05) is 0 Å². The van der Waals surface area contributed by atoms with Crippen LogP contribution in [0.4, 0.5) is 0 Å². The van der Waals surface area contributed by atoms with Crippen LogP contribution < -0.4 is 7.16 Å². The summed E-state index contributed by atoms with van der Waals surface area (Å²) in [6.45, 7) is 0. The molecule has 0 aromatic heterocycles. The normalized spacial score (nSPS) is 16.4. The van der Waals surface area contributed by atoms with E-state index in [-0.39, 0.29) is 0 Å². The van der Waals surface area contributed by atoms with Crippen LogP contribution in [0.15, 0.2) is 60.7 Å². The van der Waals surface area contributed by atoms with Gasteiger partial charge in [-0.3, -0.25) is 0 Å². The van der Waals surface area contributed by atoms with Gasteiger partial charge in [0.2, 0.25) is 0 Å². The summed E-state index contributed by atoms with van der Waals surface area (Å²) >= 11 is -2.65. The molecule has 0 radical (unpaired) electrons. The van der Waals surface area contributed by atoms with Gasteiger partial charge in [0.1, 0.15) is 0 Å². The average Bonchev–Trinajstić information content (AvgIpc) is 3.05. The molecule has 1 heterocycles. The molecule has 1 heteroatoms. The van der Waals surface area contributed by atoms with Crippen molar-refractivity contribution in [2.45, 2.75) is 22.7 Å². The Balaban J connectivity index is 1.88. The van der Waals surface area contributed by atoms with Crippen molar-refractivity contribution in [2.24, 2.45) is 0 Å². The fraction of sp³-hybridized carbons (Fsp3) is 0.167. The van der Waals surface area contributed by atoms with Crippen molar-refractivity contribution in [3.63, 3.8) is 0 Å². The van der Waals surface area contributed by atoms with E-state index in [4.69, 9.17) is 0 Å².